The van der Waals surface area contributed by atoms with E-state index in [-0.39, 0.29) is 11.9 Å². The first-order valence-corrected chi connectivity index (χ1v) is 7.69. The van der Waals surface area contributed by atoms with Crippen LogP contribution in [0, 0.1) is 0 Å². The molecule has 4 heteroatoms. The minimum Gasteiger partial charge on any atom is -0.332 e. The Kier molecular flexibility index (Phi) is 4.20. The van der Waals surface area contributed by atoms with Gasteiger partial charge >= 0.3 is 0 Å². The third kappa shape index (κ3) is 2.93. The van der Waals surface area contributed by atoms with E-state index >= 15 is 0 Å². The lowest BCUT2D eigenvalue weighted by molar-refractivity contribution is 0.0735. The van der Waals surface area contributed by atoms with Crippen molar-refractivity contribution in [2.24, 2.45) is 0 Å². The summed E-state index contributed by atoms with van der Waals surface area (Å²) in [5, 5.41) is 0. The number of benzene rings is 1. The van der Waals surface area contributed by atoms with Gasteiger partial charge in [0.2, 0.25) is 0 Å². The molecule has 3 rings (SSSR count). The van der Waals surface area contributed by atoms with Gasteiger partial charge in [-0.15, -0.1) is 11.6 Å². The zero-order valence-corrected chi connectivity index (χ0v) is 12.5. The number of nitrogens with zero attached hydrogens (tertiary/aromatic N) is 2. The number of aromatic nitrogens is 1. The zero-order valence-electron chi connectivity index (χ0n) is 11.7. The molecule has 1 amide bonds. The van der Waals surface area contributed by atoms with Crippen LogP contribution in [0.3, 0.4) is 0 Å². The molecule has 0 spiro atoms. The fourth-order valence-corrected chi connectivity index (χ4v) is 3.06. The Bertz CT molecular complexity index is 630. The summed E-state index contributed by atoms with van der Waals surface area (Å²) in [6, 6.07) is 11.7. The fourth-order valence-electron chi connectivity index (χ4n) is 2.90. The Labute approximate surface area is 129 Å². The molecule has 21 heavy (non-hydrogen) atoms. The Hall–Kier alpha value is -1.87. The summed E-state index contributed by atoms with van der Waals surface area (Å²) in [6.45, 7) is 0.803. The molecule has 0 N–H and O–H groups in total. The van der Waals surface area contributed by atoms with Gasteiger partial charge < -0.3 is 4.90 Å². The van der Waals surface area contributed by atoms with Gasteiger partial charge in [0, 0.05) is 30.4 Å². The standard InChI is InChI=1S/C17H17ClN2O/c18-12-13-3-1-4-15(11-13)17(21)20-10-2-5-16(20)14-6-8-19-9-7-14/h1,3-4,6-9,11,16H,2,5,10,12H2. The molecule has 1 aromatic heterocycles. The Morgan fingerprint density at radius 1 is 1.29 bits per heavy atom. The number of amides is 1. The summed E-state index contributed by atoms with van der Waals surface area (Å²) in [4.78, 5) is 18.8. The highest BCUT2D eigenvalue weighted by molar-refractivity contribution is 6.17. The van der Waals surface area contributed by atoms with Crippen LogP contribution in [0.1, 0.15) is 40.4 Å². The van der Waals surface area contributed by atoms with Crippen molar-refractivity contribution in [3.8, 4) is 0 Å². The molecule has 1 aromatic carbocycles. The molecule has 2 heterocycles. The molecule has 1 saturated heterocycles. The molecule has 1 atom stereocenters. The van der Waals surface area contributed by atoms with Crippen molar-refractivity contribution in [3.63, 3.8) is 0 Å². The van der Waals surface area contributed by atoms with E-state index in [4.69, 9.17) is 11.6 Å². The van der Waals surface area contributed by atoms with Crippen LogP contribution < -0.4 is 0 Å². The smallest absolute Gasteiger partial charge is 0.254 e. The summed E-state index contributed by atoms with van der Waals surface area (Å²) in [7, 11) is 0. The number of pyridine rings is 1. The second-order valence-corrected chi connectivity index (χ2v) is 5.54. The number of hydrogen-bond acceptors (Lipinski definition) is 2. The van der Waals surface area contributed by atoms with Gasteiger partial charge in [-0.05, 0) is 48.2 Å². The van der Waals surface area contributed by atoms with Crippen LogP contribution in [-0.2, 0) is 5.88 Å². The number of likely N-dealkylation sites (tertiary alicyclic amines) is 1. The average molecular weight is 301 g/mol. The lowest BCUT2D eigenvalue weighted by Crippen LogP contribution is -2.30. The van der Waals surface area contributed by atoms with Gasteiger partial charge in [-0.3, -0.25) is 9.78 Å². The molecular formula is C17H17ClN2O. The highest BCUT2D eigenvalue weighted by Crippen LogP contribution is 2.32. The van der Waals surface area contributed by atoms with E-state index in [1.165, 1.54) is 0 Å². The van der Waals surface area contributed by atoms with Crippen molar-refractivity contribution in [2.45, 2.75) is 24.8 Å². The number of hydrogen-bond donors (Lipinski definition) is 0. The number of rotatable bonds is 3. The normalized spacial score (nSPS) is 18.0. The zero-order chi connectivity index (χ0) is 14.7. The summed E-state index contributed by atoms with van der Waals surface area (Å²) in [6.07, 6.45) is 5.60. The van der Waals surface area contributed by atoms with Crippen LogP contribution in [0.4, 0.5) is 0 Å². The van der Waals surface area contributed by atoms with Crippen molar-refractivity contribution in [1.29, 1.82) is 0 Å². The minimum atomic E-state index is 0.0845. The SMILES string of the molecule is O=C(c1cccc(CCl)c1)N1CCCC1c1ccncc1. The van der Waals surface area contributed by atoms with Crippen LogP contribution in [-0.4, -0.2) is 22.3 Å². The van der Waals surface area contributed by atoms with Crippen LogP contribution in [0.15, 0.2) is 48.8 Å². The predicted octanol–water partition coefficient (Wildman–Crippen LogP) is 3.80. The average Bonchev–Trinajstić information content (AvgIpc) is 3.04. The van der Waals surface area contributed by atoms with Gasteiger partial charge in [-0.2, -0.15) is 0 Å². The van der Waals surface area contributed by atoms with Gasteiger partial charge in [0.1, 0.15) is 0 Å². The third-order valence-electron chi connectivity index (χ3n) is 3.93. The molecule has 0 aliphatic carbocycles. The molecule has 0 bridgehead atoms. The van der Waals surface area contributed by atoms with Crippen molar-refractivity contribution in [2.75, 3.05) is 6.54 Å². The van der Waals surface area contributed by atoms with Crippen molar-refractivity contribution < 1.29 is 4.79 Å². The topological polar surface area (TPSA) is 33.2 Å². The van der Waals surface area contributed by atoms with Crippen LogP contribution >= 0.6 is 11.6 Å². The molecule has 1 fully saturated rings. The Balaban J connectivity index is 1.86. The van der Waals surface area contributed by atoms with Gasteiger partial charge in [0.15, 0.2) is 0 Å². The molecule has 1 aliphatic rings. The lowest BCUT2D eigenvalue weighted by atomic mass is 10.0. The second kappa shape index (κ2) is 6.27. The molecule has 1 aliphatic heterocycles. The summed E-state index contributed by atoms with van der Waals surface area (Å²) < 4.78 is 0. The van der Waals surface area contributed by atoms with Gasteiger partial charge in [0.25, 0.3) is 5.91 Å². The van der Waals surface area contributed by atoms with Crippen LogP contribution in [0.2, 0.25) is 0 Å². The first kappa shape index (κ1) is 14.1. The van der Waals surface area contributed by atoms with Crippen molar-refractivity contribution >= 4 is 17.5 Å². The van der Waals surface area contributed by atoms with Gasteiger partial charge in [-0.1, -0.05) is 12.1 Å². The van der Waals surface area contributed by atoms with E-state index in [1.54, 1.807) is 12.4 Å². The summed E-state index contributed by atoms with van der Waals surface area (Å²) >= 11 is 5.86. The number of carbonyl (C=O) groups excluding carboxylic acids is 1. The minimum absolute atomic E-state index is 0.0845. The number of carbonyl (C=O) groups is 1. The number of halogens is 1. The van der Waals surface area contributed by atoms with E-state index in [2.05, 4.69) is 4.98 Å². The van der Waals surface area contributed by atoms with Crippen LogP contribution in [0.25, 0.3) is 0 Å². The van der Waals surface area contributed by atoms with Crippen LogP contribution in [0.5, 0.6) is 0 Å². The van der Waals surface area contributed by atoms with E-state index in [9.17, 15) is 4.79 Å². The monoisotopic (exact) mass is 300 g/mol. The Morgan fingerprint density at radius 3 is 2.86 bits per heavy atom. The quantitative estimate of drug-likeness (QED) is 0.808. The first-order chi connectivity index (χ1) is 10.3. The molecule has 0 radical (unpaired) electrons. The predicted molar refractivity (Wildman–Crippen MR) is 83.2 cm³/mol. The first-order valence-electron chi connectivity index (χ1n) is 7.15. The molecule has 2 aromatic rings. The summed E-state index contributed by atoms with van der Waals surface area (Å²) in [5.41, 5.74) is 2.85. The van der Waals surface area contributed by atoms with E-state index in [0.29, 0.717) is 11.4 Å². The number of alkyl halides is 1. The largest absolute Gasteiger partial charge is 0.332 e. The molecule has 1 unspecified atom stereocenters. The van der Waals surface area contributed by atoms with Gasteiger partial charge in [-0.25, -0.2) is 0 Å². The molecular weight excluding hydrogens is 284 g/mol. The second-order valence-electron chi connectivity index (χ2n) is 5.27. The molecule has 0 saturated carbocycles. The maximum atomic E-state index is 12.8. The van der Waals surface area contributed by atoms with E-state index in [0.717, 1.165) is 30.5 Å². The fraction of sp³-hybridized carbons (Fsp3) is 0.294. The highest BCUT2D eigenvalue weighted by Gasteiger charge is 2.30. The Morgan fingerprint density at radius 2 is 2.10 bits per heavy atom. The van der Waals surface area contributed by atoms with Crippen molar-refractivity contribution in [1.82, 2.24) is 9.88 Å². The lowest BCUT2D eigenvalue weighted by Gasteiger charge is -2.25. The maximum absolute atomic E-state index is 12.8. The summed E-state index contributed by atoms with van der Waals surface area (Å²) in [5.74, 6) is 0.510. The van der Waals surface area contributed by atoms with Gasteiger partial charge in [0.05, 0.1) is 6.04 Å². The van der Waals surface area contributed by atoms with Crippen molar-refractivity contribution in [3.05, 3.63) is 65.5 Å². The molecule has 3 nitrogen and oxygen atoms in total. The maximum Gasteiger partial charge on any atom is 0.254 e. The van der Waals surface area contributed by atoms with E-state index in [1.807, 2.05) is 41.3 Å². The highest BCUT2D eigenvalue weighted by atomic mass is 35.5. The third-order valence-corrected chi connectivity index (χ3v) is 4.24. The van der Waals surface area contributed by atoms with E-state index < -0.39 is 0 Å². The molecule has 108 valence electrons.